The number of aromatic amines is 1. The number of nitrogens with one attached hydrogen (secondary N) is 2. The quantitative estimate of drug-likeness (QED) is 0.430. The van der Waals surface area contributed by atoms with Crippen molar-refractivity contribution >= 4 is 17.5 Å². The number of amides is 1. The molecule has 1 amide bonds. The van der Waals surface area contributed by atoms with E-state index in [0.29, 0.717) is 22.0 Å². The van der Waals surface area contributed by atoms with E-state index in [1.165, 1.54) is 7.11 Å². The number of aromatic nitrogens is 4. The summed E-state index contributed by atoms with van der Waals surface area (Å²) in [6.45, 7) is 7.70. The van der Waals surface area contributed by atoms with Crippen molar-refractivity contribution in [3.05, 3.63) is 57.6 Å². The molecule has 0 saturated heterocycles. The van der Waals surface area contributed by atoms with Crippen LogP contribution in [-0.2, 0) is 16.1 Å². The maximum atomic E-state index is 12.3. The number of benzene rings is 1. The van der Waals surface area contributed by atoms with E-state index in [1.807, 2.05) is 6.92 Å². The number of ether oxygens (including phenoxy) is 2. The number of methoxy groups -OCH3 is 1. The van der Waals surface area contributed by atoms with Gasteiger partial charge in [-0.1, -0.05) is 31.0 Å². The molecule has 1 atom stereocenters. The zero-order valence-electron chi connectivity index (χ0n) is 20.5. The minimum absolute atomic E-state index is 0.0561. The maximum absolute atomic E-state index is 12.3. The lowest BCUT2D eigenvalue weighted by atomic mass is 10.1. The van der Waals surface area contributed by atoms with Crippen LogP contribution in [0, 0.1) is 0 Å². The van der Waals surface area contributed by atoms with Gasteiger partial charge in [-0.15, -0.1) is 0 Å². The van der Waals surface area contributed by atoms with Gasteiger partial charge in [0.2, 0.25) is 5.88 Å². The fourth-order valence-electron chi connectivity index (χ4n) is 3.25. The van der Waals surface area contributed by atoms with Crippen molar-refractivity contribution < 1.29 is 14.3 Å². The summed E-state index contributed by atoms with van der Waals surface area (Å²) in [5.74, 6) is 0.709. The Morgan fingerprint density at radius 3 is 2.66 bits per heavy atom. The molecule has 0 aliphatic rings. The van der Waals surface area contributed by atoms with E-state index >= 15 is 0 Å². The highest BCUT2D eigenvalue weighted by Gasteiger charge is 2.26. The fourth-order valence-corrected chi connectivity index (χ4v) is 3.45. The summed E-state index contributed by atoms with van der Waals surface area (Å²) in [7, 11) is 1.48. The van der Waals surface area contributed by atoms with Crippen LogP contribution in [0.1, 0.15) is 46.1 Å². The van der Waals surface area contributed by atoms with E-state index in [-0.39, 0.29) is 30.2 Å². The third kappa shape index (κ3) is 6.86. The lowest BCUT2D eigenvalue weighted by molar-refractivity contribution is -0.139. The van der Waals surface area contributed by atoms with E-state index in [9.17, 15) is 9.59 Å². The van der Waals surface area contributed by atoms with Crippen LogP contribution in [0.15, 0.2) is 41.3 Å². The highest BCUT2D eigenvalue weighted by atomic mass is 35.5. The Balaban J connectivity index is 1.85. The van der Waals surface area contributed by atoms with Crippen molar-refractivity contribution in [2.75, 3.05) is 7.11 Å². The first kappa shape index (κ1) is 26.3. The standard InChI is InChI=1S/C25H30ClN5O4/c1-6-7-15(2)35-20-11-9-17(14-27-20)21-29-22(31-24(33)30-21)18-12-16(8-10-19(18)26)13-28-23(32)25(3,4)34-5/h8-12,14-15H,6-7,13H2,1-5H3,(H,28,32)(H,29,30,31,33)/t15-/m1/s1. The number of carbonyl (C=O) groups excluding carboxylic acids is 1. The van der Waals surface area contributed by atoms with Gasteiger partial charge in [0, 0.05) is 37.0 Å². The molecule has 0 bridgehead atoms. The molecular weight excluding hydrogens is 470 g/mol. The smallest absolute Gasteiger partial charge is 0.348 e. The number of halogens is 1. The monoisotopic (exact) mass is 499 g/mol. The molecule has 3 aromatic rings. The number of hydrogen-bond acceptors (Lipinski definition) is 7. The molecule has 0 spiro atoms. The van der Waals surface area contributed by atoms with E-state index in [1.54, 1.807) is 50.4 Å². The van der Waals surface area contributed by atoms with Crippen LogP contribution in [0.5, 0.6) is 5.88 Å². The number of pyridine rings is 1. The number of carbonyl (C=O) groups is 1. The highest BCUT2D eigenvalue weighted by Crippen LogP contribution is 2.27. The van der Waals surface area contributed by atoms with Crippen LogP contribution in [-0.4, -0.2) is 44.7 Å². The number of rotatable bonds is 10. The summed E-state index contributed by atoms with van der Waals surface area (Å²) >= 11 is 6.42. The van der Waals surface area contributed by atoms with Gasteiger partial charge >= 0.3 is 5.69 Å². The van der Waals surface area contributed by atoms with Gasteiger partial charge in [0.05, 0.1) is 11.1 Å². The van der Waals surface area contributed by atoms with Crippen LogP contribution in [0.3, 0.4) is 0 Å². The molecule has 0 radical (unpaired) electrons. The summed E-state index contributed by atoms with van der Waals surface area (Å²) < 4.78 is 11.0. The molecular formula is C25H30ClN5O4. The highest BCUT2D eigenvalue weighted by molar-refractivity contribution is 6.33. The average molecular weight is 500 g/mol. The summed E-state index contributed by atoms with van der Waals surface area (Å²) in [4.78, 5) is 40.1. The van der Waals surface area contributed by atoms with Crippen molar-refractivity contribution in [3.8, 4) is 28.7 Å². The topological polar surface area (TPSA) is 119 Å². The second-order valence-corrected chi connectivity index (χ2v) is 9.05. The van der Waals surface area contributed by atoms with Gasteiger partial charge in [-0.2, -0.15) is 4.98 Å². The molecule has 2 heterocycles. The zero-order valence-corrected chi connectivity index (χ0v) is 21.3. The summed E-state index contributed by atoms with van der Waals surface area (Å²) in [6.07, 6.45) is 3.57. The molecule has 35 heavy (non-hydrogen) atoms. The van der Waals surface area contributed by atoms with Crippen LogP contribution >= 0.6 is 11.6 Å². The Morgan fingerprint density at radius 1 is 1.23 bits per heavy atom. The second kappa shape index (κ2) is 11.4. The molecule has 0 unspecified atom stereocenters. The molecule has 0 aliphatic carbocycles. The summed E-state index contributed by atoms with van der Waals surface area (Å²) in [5.41, 5.74) is 0.319. The average Bonchev–Trinajstić information content (AvgIpc) is 2.83. The van der Waals surface area contributed by atoms with Gasteiger partial charge in [0.1, 0.15) is 11.4 Å². The molecule has 3 rings (SSSR count). The first-order valence-electron chi connectivity index (χ1n) is 11.4. The minimum Gasteiger partial charge on any atom is -0.475 e. The van der Waals surface area contributed by atoms with Gasteiger partial charge < -0.3 is 14.8 Å². The molecule has 2 N–H and O–H groups in total. The second-order valence-electron chi connectivity index (χ2n) is 8.64. The zero-order chi connectivity index (χ0) is 25.6. The SMILES string of the molecule is CCC[C@@H](C)Oc1ccc(-c2nc(-c3cc(CNC(=O)C(C)(C)OC)ccc3Cl)[nH]c(=O)n2)cn1. The molecule has 0 saturated carbocycles. The molecule has 10 heteroatoms. The fraction of sp³-hybridized carbons (Fsp3) is 0.400. The van der Waals surface area contributed by atoms with E-state index in [0.717, 1.165) is 18.4 Å². The van der Waals surface area contributed by atoms with Gasteiger partial charge in [-0.3, -0.25) is 9.78 Å². The van der Waals surface area contributed by atoms with Crippen LogP contribution in [0.25, 0.3) is 22.8 Å². The third-order valence-electron chi connectivity index (χ3n) is 5.46. The van der Waals surface area contributed by atoms with Crippen molar-refractivity contribution in [2.45, 2.75) is 58.8 Å². The number of H-pyrrole nitrogens is 1. The first-order chi connectivity index (χ1) is 16.6. The Bertz CT molecular complexity index is 1230. The van der Waals surface area contributed by atoms with Gasteiger partial charge in [0.15, 0.2) is 5.82 Å². The first-order valence-corrected chi connectivity index (χ1v) is 11.7. The van der Waals surface area contributed by atoms with E-state index in [2.05, 4.69) is 32.2 Å². The lowest BCUT2D eigenvalue weighted by Gasteiger charge is -2.21. The molecule has 186 valence electrons. The van der Waals surface area contributed by atoms with Crippen LogP contribution in [0.4, 0.5) is 0 Å². The largest absolute Gasteiger partial charge is 0.475 e. The Hall–Kier alpha value is -3.30. The third-order valence-corrected chi connectivity index (χ3v) is 5.79. The van der Waals surface area contributed by atoms with Crippen molar-refractivity contribution in [1.82, 2.24) is 25.3 Å². The Kier molecular flexibility index (Phi) is 8.58. The van der Waals surface area contributed by atoms with Gasteiger partial charge in [0.25, 0.3) is 5.91 Å². The number of nitrogens with zero attached hydrogens (tertiary/aromatic N) is 3. The normalized spacial score (nSPS) is 12.3. The maximum Gasteiger partial charge on any atom is 0.348 e. The van der Waals surface area contributed by atoms with Gasteiger partial charge in [-0.25, -0.2) is 14.8 Å². The Morgan fingerprint density at radius 2 is 2.00 bits per heavy atom. The Labute approximate surface area is 209 Å². The minimum atomic E-state index is -0.954. The summed E-state index contributed by atoms with van der Waals surface area (Å²) in [5, 5.41) is 3.22. The van der Waals surface area contributed by atoms with Crippen molar-refractivity contribution in [2.24, 2.45) is 0 Å². The van der Waals surface area contributed by atoms with Gasteiger partial charge in [-0.05, 0) is 51.0 Å². The van der Waals surface area contributed by atoms with E-state index < -0.39 is 11.3 Å². The lowest BCUT2D eigenvalue weighted by Crippen LogP contribution is -2.43. The van der Waals surface area contributed by atoms with Crippen LogP contribution in [0.2, 0.25) is 5.02 Å². The molecule has 1 aromatic carbocycles. The summed E-state index contributed by atoms with van der Waals surface area (Å²) in [6, 6.07) is 8.71. The predicted molar refractivity (Wildman–Crippen MR) is 134 cm³/mol. The van der Waals surface area contributed by atoms with Crippen LogP contribution < -0.4 is 15.7 Å². The predicted octanol–water partition coefficient (Wildman–Crippen LogP) is 4.16. The molecule has 2 aromatic heterocycles. The molecule has 0 aliphatic heterocycles. The molecule has 9 nitrogen and oxygen atoms in total. The molecule has 0 fully saturated rings. The van der Waals surface area contributed by atoms with Crippen molar-refractivity contribution in [1.29, 1.82) is 0 Å². The van der Waals surface area contributed by atoms with Crippen molar-refractivity contribution in [3.63, 3.8) is 0 Å². The van der Waals surface area contributed by atoms with E-state index in [4.69, 9.17) is 21.1 Å². The number of hydrogen-bond donors (Lipinski definition) is 2.